The van der Waals surface area contributed by atoms with Gasteiger partial charge in [-0.2, -0.15) is 0 Å². The number of sulfonamides is 1. The molecule has 1 aromatic heterocycles. The first-order valence-corrected chi connectivity index (χ1v) is 15.0. The van der Waals surface area contributed by atoms with E-state index in [-0.39, 0.29) is 17.4 Å². The number of nitrogens with zero attached hydrogens (tertiary/aromatic N) is 4. The van der Waals surface area contributed by atoms with E-state index in [1.807, 2.05) is 17.8 Å². The predicted molar refractivity (Wildman–Crippen MR) is 149 cm³/mol. The molecule has 3 aromatic rings. The van der Waals surface area contributed by atoms with E-state index in [9.17, 15) is 13.2 Å². The summed E-state index contributed by atoms with van der Waals surface area (Å²) >= 11 is 0. The molecular formula is C29H36N6O3S. The van der Waals surface area contributed by atoms with Crippen LogP contribution < -0.4 is 10.6 Å². The first-order valence-electron chi connectivity index (χ1n) is 13.5. The molecule has 0 spiro atoms. The minimum Gasteiger partial charge on any atom is -0.329 e. The molecule has 206 valence electrons. The van der Waals surface area contributed by atoms with Crippen LogP contribution in [0.1, 0.15) is 60.7 Å². The van der Waals surface area contributed by atoms with Gasteiger partial charge in [-0.1, -0.05) is 55.0 Å². The van der Waals surface area contributed by atoms with Gasteiger partial charge in [0.25, 0.3) is 10.0 Å². The highest BCUT2D eigenvalue weighted by Gasteiger charge is 2.36. The van der Waals surface area contributed by atoms with Gasteiger partial charge in [0.15, 0.2) is 0 Å². The van der Waals surface area contributed by atoms with Crippen molar-refractivity contribution in [2.45, 2.75) is 70.0 Å². The Kier molecular flexibility index (Phi) is 7.86. The Labute approximate surface area is 230 Å². The number of aryl methyl sites for hydroxylation is 2. The van der Waals surface area contributed by atoms with Crippen LogP contribution in [0, 0.1) is 12.8 Å². The van der Waals surface area contributed by atoms with Crippen molar-refractivity contribution in [2.75, 3.05) is 6.54 Å². The Bertz CT molecular complexity index is 1460. The largest absolute Gasteiger partial charge is 0.329 e. The number of fused-ring (bicyclic) bond motifs is 1. The van der Waals surface area contributed by atoms with Gasteiger partial charge in [-0.3, -0.25) is 9.10 Å². The average molecular weight is 549 g/mol. The summed E-state index contributed by atoms with van der Waals surface area (Å²) in [7, 11) is -3.92. The Morgan fingerprint density at radius 1 is 1.15 bits per heavy atom. The average Bonchev–Trinajstić information content (AvgIpc) is 3.38. The van der Waals surface area contributed by atoms with Gasteiger partial charge >= 0.3 is 0 Å². The van der Waals surface area contributed by atoms with Crippen LogP contribution in [0.2, 0.25) is 0 Å². The second kappa shape index (κ2) is 11.3. The van der Waals surface area contributed by atoms with E-state index < -0.39 is 22.0 Å². The second-order valence-electron chi connectivity index (χ2n) is 10.8. The molecule has 10 heteroatoms. The zero-order valence-electron chi connectivity index (χ0n) is 22.7. The lowest BCUT2D eigenvalue weighted by Gasteiger charge is -2.31. The molecule has 1 unspecified atom stereocenters. The van der Waals surface area contributed by atoms with Crippen molar-refractivity contribution >= 4 is 15.9 Å². The molecule has 9 nitrogen and oxygen atoms in total. The molecule has 0 bridgehead atoms. The summed E-state index contributed by atoms with van der Waals surface area (Å²) in [5, 5.41) is 14.9. The lowest BCUT2D eigenvalue weighted by Crippen LogP contribution is -2.50. The molecule has 2 atom stereocenters. The lowest BCUT2D eigenvalue weighted by molar-refractivity contribution is -0.124. The number of rotatable bonds is 9. The first-order chi connectivity index (χ1) is 18.7. The van der Waals surface area contributed by atoms with Crippen molar-refractivity contribution < 1.29 is 13.2 Å². The zero-order valence-corrected chi connectivity index (χ0v) is 23.5. The normalized spacial score (nSPS) is 19.3. The second-order valence-corrected chi connectivity index (χ2v) is 12.7. The number of hydrogen-bond acceptors (Lipinski definition) is 6. The standard InChI is InChI=1S/C29H36N6O3S/c1-20(2)17-30-18-22-9-12-26-23(15-22)5-4-6-27(26)34-19-24(32-33-34)16-28-29(36)31-13-14-35(28)39(37,38)25-10-7-21(3)8-11-25/h7-15,19-20,27-28,30H,4-6,16-18H2,1-3H3,(H,31,36)/t27?,28-/m1/s1. The van der Waals surface area contributed by atoms with Gasteiger partial charge in [-0.15, -0.1) is 5.10 Å². The van der Waals surface area contributed by atoms with Crippen LogP contribution >= 0.6 is 0 Å². The number of carbonyl (C=O) groups excluding carboxylic acids is 1. The summed E-state index contributed by atoms with van der Waals surface area (Å²) in [5.41, 5.74) is 5.38. The Morgan fingerprint density at radius 3 is 2.72 bits per heavy atom. The number of nitrogens with one attached hydrogen (secondary N) is 2. The first kappa shape index (κ1) is 27.1. The lowest BCUT2D eigenvalue weighted by atomic mass is 9.86. The maximum Gasteiger partial charge on any atom is 0.264 e. The topological polar surface area (TPSA) is 109 Å². The monoisotopic (exact) mass is 548 g/mol. The van der Waals surface area contributed by atoms with Gasteiger partial charge in [0.2, 0.25) is 5.91 Å². The van der Waals surface area contributed by atoms with Gasteiger partial charge in [0.1, 0.15) is 6.04 Å². The Morgan fingerprint density at radius 2 is 1.95 bits per heavy atom. The Balaban J connectivity index is 1.34. The zero-order chi connectivity index (χ0) is 27.6. The quantitative estimate of drug-likeness (QED) is 0.424. The third-order valence-corrected chi connectivity index (χ3v) is 9.10. The molecule has 2 aromatic carbocycles. The van der Waals surface area contributed by atoms with Crippen molar-refractivity contribution in [3.05, 3.63) is 89.0 Å². The minimum absolute atomic E-state index is 0.0557. The predicted octanol–water partition coefficient (Wildman–Crippen LogP) is 3.46. The molecule has 5 rings (SSSR count). The highest BCUT2D eigenvalue weighted by molar-refractivity contribution is 7.89. The molecule has 2 N–H and O–H groups in total. The van der Waals surface area contributed by atoms with Crippen LogP contribution in [0.15, 0.2) is 66.0 Å². The van der Waals surface area contributed by atoms with E-state index in [1.54, 1.807) is 24.3 Å². The molecule has 0 radical (unpaired) electrons. The molecule has 0 saturated heterocycles. The van der Waals surface area contributed by atoms with Crippen LogP contribution in [-0.2, 0) is 34.2 Å². The smallest absolute Gasteiger partial charge is 0.264 e. The third-order valence-electron chi connectivity index (χ3n) is 7.30. The SMILES string of the molecule is Cc1ccc(S(=O)(=O)N2C=CNC(=O)[C@H]2Cc2cn(C3CCCc4cc(CNCC(C)C)ccc43)nn2)cc1. The molecule has 0 saturated carbocycles. The van der Waals surface area contributed by atoms with Crippen LogP contribution in [0.4, 0.5) is 0 Å². The van der Waals surface area contributed by atoms with Crippen molar-refractivity contribution in [1.82, 2.24) is 29.9 Å². The summed E-state index contributed by atoms with van der Waals surface area (Å²) in [6.07, 6.45) is 7.74. The number of carbonyl (C=O) groups is 1. The van der Waals surface area contributed by atoms with Crippen LogP contribution in [0.5, 0.6) is 0 Å². The summed E-state index contributed by atoms with van der Waals surface area (Å²) in [4.78, 5) is 13.0. The molecular weight excluding hydrogens is 512 g/mol. The van der Waals surface area contributed by atoms with Crippen LogP contribution in [-0.4, -0.2) is 46.2 Å². The van der Waals surface area contributed by atoms with E-state index in [1.165, 1.54) is 29.1 Å². The summed E-state index contributed by atoms with van der Waals surface area (Å²) in [6, 6.07) is 12.4. The molecule has 2 heterocycles. The molecule has 1 aliphatic carbocycles. The summed E-state index contributed by atoms with van der Waals surface area (Å²) in [6.45, 7) is 8.14. The van der Waals surface area contributed by atoms with Gasteiger partial charge in [-0.25, -0.2) is 13.1 Å². The van der Waals surface area contributed by atoms with Gasteiger partial charge in [0, 0.05) is 31.6 Å². The Hall–Kier alpha value is -3.50. The molecule has 39 heavy (non-hydrogen) atoms. The van der Waals surface area contributed by atoms with Crippen molar-refractivity contribution in [2.24, 2.45) is 5.92 Å². The fourth-order valence-corrected chi connectivity index (χ4v) is 6.71. The van der Waals surface area contributed by atoms with Crippen LogP contribution in [0.3, 0.4) is 0 Å². The number of hydrogen-bond donors (Lipinski definition) is 2. The number of amides is 1. The van der Waals surface area contributed by atoms with Crippen molar-refractivity contribution in [3.63, 3.8) is 0 Å². The van der Waals surface area contributed by atoms with E-state index in [0.29, 0.717) is 11.6 Å². The molecule has 1 amide bonds. The van der Waals surface area contributed by atoms with Gasteiger partial charge in [0.05, 0.1) is 16.6 Å². The van der Waals surface area contributed by atoms with Gasteiger partial charge < -0.3 is 10.6 Å². The highest BCUT2D eigenvalue weighted by atomic mass is 32.2. The molecule has 2 aliphatic rings. The van der Waals surface area contributed by atoms with Crippen molar-refractivity contribution in [1.29, 1.82) is 0 Å². The maximum absolute atomic E-state index is 13.4. The molecule has 1 aliphatic heterocycles. The van der Waals surface area contributed by atoms with E-state index >= 15 is 0 Å². The fraction of sp³-hybridized carbons (Fsp3) is 0.414. The summed E-state index contributed by atoms with van der Waals surface area (Å²) < 4.78 is 29.8. The minimum atomic E-state index is -3.92. The highest BCUT2D eigenvalue weighted by Crippen LogP contribution is 2.33. The third kappa shape index (κ3) is 5.91. The number of aromatic nitrogens is 3. The van der Waals surface area contributed by atoms with Crippen LogP contribution in [0.25, 0.3) is 0 Å². The summed E-state index contributed by atoms with van der Waals surface area (Å²) in [5.74, 6) is 0.211. The van der Waals surface area contributed by atoms with E-state index in [4.69, 9.17) is 0 Å². The van der Waals surface area contributed by atoms with E-state index in [2.05, 4.69) is 53.0 Å². The maximum atomic E-state index is 13.4. The number of benzene rings is 2. The van der Waals surface area contributed by atoms with E-state index in [0.717, 1.165) is 42.2 Å². The van der Waals surface area contributed by atoms with Crippen molar-refractivity contribution in [3.8, 4) is 0 Å². The molecule has 0 fully saturated rings. The van der Waals surface area contributed by atoms with Gasteiger partial charge in [-0.05, 0) is 67.5 Å². The fourth-order valence-electron chi connectivity index (χ4n) is 5.26.